The first kappa shape index (κ1) is 19.0. The third-order valence-electron chi connectivity index (χ3n) is 5.23. The van der Waals surface area contributed by atoms with Crippen molar-refractivity contribution in [2.24, 2.45) is 5.92 Å². The fourth-order valence-corrected chi connectivity index (χ4v) is 3.56. The summed E-state index contributed by atoms with van der Waals surface area (Å²) < 4.78 is 13.6. The van der Waals surface area contributed by atoms with Gasteiger partial charge in [0, 0.05) is 43.5 Å². The molecule has 144 valence electrons. The third kappa shape index (κ3) is 4.52. The molecule has 3 rings (SSSR count). The second kappa shape index (κ2) is 8.31. The highest BCUT2D eigenvalue weighted by Gasteiger charge is 2.35. The van der Waals surface area contributed by atoms with Gasteiger partial charge in [0.25, 0.3) is 5.69 Å². The number of nitro groups is 1. The van der Waals surface area contributed by atoms with Gasteiger partial charge >= 0.3 is 0 Å². The Kier molecular flexibility index (Phi) is 5.86. The van der Waals surface area contributed by atoms with Crippen LogP contribution in [0.5, 0.6) is 0 Å². The van der Waals surface area contributed by atoms with Crippen LogP contribution in [-0.2, 0) is 4.79 Å². The predicted octanol–water partition coefficient (Wildman–Crippen LogP) is 1.47. The number of nitriles is 1. The first-order valence-corrected chi connectivity index (χ1v) is 9.02. The van der Waals surface area contributed by atoms with Crippen LogP contribution < -0.4 is 10.2 Å². The highest BCUT2D eigenvalue weighted by atomic mass is 19.1. The average Bonchev–Trinajstić information content (AvgIpc) is 3.07. The van der Waals surface area contributed by atoms with E-state index in [-0.39, 0.29) is 37.3 Å². The molecule has 0 saturated carbocycles. The topological polar surface area (TPSA) is 103 Å². The molecule has 2 fully saturated rings. The molecule has 2 aliphatic rings. The number of nitrogens with one attached hydrogen (secondary N) is 1. The predicted molar refractivity (Wildman–Crippen MR) is 96.9 cm³/mol. The van der Waals surface area contributed by atoms with Crippen LogP contribution in [0.25, 0.3) is 0 Å². The van der Waals surface area contributed by atoms with Crippen molar-refractivity contribution in [2.75, 3.05) is 37.6 Å². The minimum atomic E-state index is -1.26. The summed E-state index contributed by atoms with van der Waals surface area (Å²) in [6.45, 7) is 1.88. The number of hydrogen-bond donors (Lipinski definition) is 1. The van der Waals surface area contributed by atoms with E-state index in [4.69, 9.17) is 5.26 Å². The number of carbonyl (C=O) groups excluding carboxylic acids is 1. The van der Waals surface area contributed by atoms with Crippen molar-refractivity contribution in [3.05, 3.63) is 34.4 Å². The molecule has 9 heteroatoms. The van der Waals surface area contributed by atoms with Gasteiger partial charge in [0.05, 0.1) is 30.0 Å². The average molecular weight is 375 g/mol. The molecule has 2 heterocycles. The van der Waals surface area contributed by atoms with Gasteiger partial charge in [0.1, 0.15) is 6.17 Å². The zero-order valence-electron chi connectivity index (χ0n) is 14.9. The summed E-state index contributed by atoms with van der Waals surface area (Å²) in [4.78, 5) is 26.1. The molecule has 2 saturated heterocycles. The van der Waals surface area contributed by atoms with Gasteiger partial charge in [-0.15, -0.1) is 0 Å². The molecular formula is C18H22FN5O3. The summed E-state index contributed by atoms with van der Waals surface area (Å²) in [7, 11) is 0. The Balaban J connectivity index is 1.42. The molecule has 1 N–H and O–H groups in total. The second-order valence-electron chi connectivity index (χ2n) is 6.97. The SMILES string of the molecule is N#C[C@@H]1CN(C(=O)CNC2CCN(c3ccc([N+](=O)[O-])cc3)CC2)C[C@@H]1F. The van der Waals surface area contributed by atoms with Gasteiger partial charge in [-0.2, -0.15) is 5.26 Å². The van der Waals surface area contributed by atoms with Crippen molar-refractivity contribution >= 4 is 17.3 Å². The summed E-state index contributed by atoms with van der Waals surface area (Å²) in [6, 6.07) is 8.60. The van der Waals surface area contributed by atoms with Gasteiger partial charge in [0.15, 0.2) is 0 Å². The summed E-state index contributed by atoms with van der Waals surface area (Å²) in [5.74, 6) is -0.896. The van der Waals surface area contributed by atoms with Crippen LogP contribution in [0.15, 0.2) is 24.3 Å². The molecule has 8 nitrogen and oxygen atoms in total. The van der Waals surface area contributed by atoms with Gasteiger partial charge in [0.2, 0.25) is 5.91 Å². The third-order valence-corrected chi connectivity index (χ3v) is 5.23. The zero-order chi connectivity index (χ0) is 19.4. The van der Waals surface area contributed by atoms with Crippen molar-refractivity contribution in [1.29, 1.82) is 5.26 Å². The minimum Gasteiger partial charge on any atom is -0.371 e. The maximum atomic E-state index is 13.6. The van der Waals surface area contributed by atoms with E-state index in [2.05, 4.69) is 10.2 Å². The number of alkyl halides is 1. The number of nitrogens with zero attached hydrogens (tertiary/aromatic N) is 4. The van der Waals surface area contributed by atoms with Crippen molar-refractivity contribution in [1.82, 2.24) is 10.2 Å². The molecule has 0 aliphatic carbocycles. The van der Waals surface area contributed by atoms with Crippen molar-refractivity contribution in [3.63, 3.8) is 0 Å². The maximum Gasteiger partial charge on any atom is 0.269 e. The maximum absolute atomic E-state index is 13.6. The molecule has 1 amide bonds. The number of hydrogen-bond acceptors (Lipinski definition) is 6. The highest BCUT2D eigenvalue weighted by molar-refractivity contribution is 5.78. The monoisotopic (exact) mass is 375 g/mol. The first-order valence-electron chi connectivity index (χ1n) is 9.02. The van der Waals surface area contributed by atoms with Crippen molar-refractivity contribution < 1.29 is 14.1 Å². The van der Waals surface area contributed by atoms with Crippen LogP contribution in [0.3, 0.4) is 0 Å². The van der Waals surface area contributed by atoms with Gasteiger partial charge in [-0.3, -0.25) is 14.9 Å². The molecule has 0 aromatic heterocycles. The Morgan fingerprint density at radius 3 is 2.52 bits per heavy atom. The van der Waals surface area contributed by atoms with Crippen LogP contribution in [0.2, 0.25) is 0 Å². The largest absolute Gasteiger partial charge is 0.371 e. The smallest absolute Gasteiger partial charge is 0.269 e. The summed E-state index contributed by atoms with van der Waals surface area (Å²) >= 11 is 0. The van der Waals surface area contributed by atoms with E-state index >= 15 is 0 Å². The molecule has 0 spiro atoms. The lowest BCUT2D eigenvalue weighted by Crippen LogP contribution is -2.46. The van der Waals surface area contributed by atoms with E-state index in [1.54, 1.807) is 12.1 Å². The van der Waals surface area contributed by atoms with Gasteiger partial charge in [-0.05, 0) is 25.0 Å². The summed E-state index contributed by atoms with van der Waals surface area (Å²) in [5, 5.41) is 22.8. The quantitative estimate of drug-likeness (QED) is 0.618. The molecule has 1 aromatic carbocycles. The van der Waals surface area contributed by atoms with Crippen LogP contribution in [-0.4, -0.2) is 60.7 Å². The van der Waals surface area contributed by atoms with E-state index in [1.807, 2.05) is 6.07 Å². The highest BCUT2D eigenvalue weighted by Crippen LogP contribution is 2.23. The lowest BCUT2D eigenvalue weighted by molar-refractivity contribution is -0.384. The first-order chi connectivity index (χ1) is 13.0. The number of halogens is 1. The van der Waals surface area contributed by atoms with Crippen LogP contribution >= 0.6 is 0 Å². The zero-order valence-corrected chi connectivity index (χ0v) is 14.9. The van der Waals surface area contributed by atoms with Gasteiger partial charge < -0.3 is 15.1 Å². The van der Waals surface area contributed by atoms with Crippen LogP contribution in [0.1, 0.15) is 12.8 Å². The van der Waals surface area contributed by atoms with Crippen molar-refractivity contribution in [3.8, 4) is 6.07 Å². The van der Waals surface area contributed by atoms with Crippen LogP contribution in [0.4, 0.5) is 15.8 Å². The number of likely N-dealkylation sites (tertiary alicyclic amines) is 1. The van der Waals surface area contributed by atoms with Gasteiger partial charge in [-0.25, -0.2) is 4.39 Å². The van der Waals surface area contributed by atoms with E-state index in [9.17, 15) is 19.3 Å². The lowest BCUT2D eigenvalue weighted by atomic mass is 10.0. The number of non-ortho nitro benzene ring substituents is 1. The number of nitro benzene ring substituents is 1. The number of benzene rings is 1. The number of rotatable bonds is 5. The normalized spacial score (nSPS) is 23.3. The number of anilines is 1. The van der Waals surface area contributed by atoms with E-state index < -0.39 is 17.0 Å². The minimum absolute atomic E-state index is 0.00265. The summed E-state index contributed by atoms with van der Waals surface area (Å²) in [5.41, 5.74) is 1.02. The van der Waals surface area contributed by atoms with E-state index in [1.165, 1.54) is 17.0 Å². The Bertz CT molecular complexity index is 728. The number of carbonyl (C=O) groups is 1. The molecule has 2 aliphatic heterocycles. The Hall–Kier alpha value is -2.73. The summed E-state index contributed by atoms with van der Waals surface area (Å²) in [6.07, 6.45) is 0.428. The number of amides is 1. The molecule has 0 radical (unpaired) electrons. The fraction of sp³-hybridized carbons (Fsp3) is 0.556. The van der Waals surface area contributed by atoms with E-state index in [0.29, 0.717) is 0 Å². The molecule has 2 atom stereocenters. The Morgan fingerprint density at radius 2 is 1.96 bits per heavy atom. The molecule has 0 bridgehead atoms. The van der Waals surface area contributed by atoms with E-state index in [0.717, 1.165) is 31.6 Å². The lowest BCUT2D eigenvalue weighted by Gasteiger charge is -2.34. The Morgan fingerprint density at radius 1 is 1.30 bits per heavy atom. The van der Waals surface area contributed by atoms with Crippen LogP contribution in [0, 0.1) is 27.4 Å². The standard InChI is InChI=1S/C18H22FN5O3/c19-17-12-23(11-13(17)9-20)18(25)10-21-14-5-7-22(8-6-14)15-1-3-16(4-2-15)24(26)27/h1-4,13-14,17,21H,5-8,10-12H2/t13-,17+/m1/s1. The molecule has 0 unspecified atom stereocenters. The number of piperidine rings is 1. The Labute approximate surface area is 156 Å². The fourth-order valence-electron chi connectivity index (χ4n) is 3.56. The van der Waals surface area contributed by atoms with Crippen molar-refractivity contribution in [2.45, 2.75) is 25.1 Å². The molecule has 1 aromatic rings. The van der Waals surface area contributed by atoms with Gasteiger partial charge in [-0.1, -0.05) is 0 Å². The second-order valence-corrected chi connectivity index (χ2v) is 6.97. The molecular weight excluding hydrogens is 353 g/mol. The molecule has 27 heavy (non-hydrogen) atoms.